The number of hydrogen-bond donors (Lipinski definition) is 1. The maximum atomic E-state index is 10.0. The van der Waals surface area contributed by atoms with Crippen molar-refractivity contribution >= 4 is 12.4 Å². The number of carbonyl (C=O) groups is 2. The van der Waals surface area contributed by atoms with Crippen molar-refractivity contribution in [2.75, 3.05) is 39.8 Å². The second-order valence-electron chi connectivity index (χ2n) is 2.35. The lowest BCUT2D eigenvalue weighted by atomic mass is 10.7. The molecule has 0 aliphatic carbocycles. The Balaban J connectivity index is 2.92. The Morgan fingerprint density at radius 1 is 1.07 bits per heavy atom. The van der Waals surface area contributed by atoms with Crippen LogP contribution in [0.5, 0.6) is 0 Å². The highest BCUT2D eigenvalue weighted by atomic mass is 16.7. The van der Waals surface area contributed by atoms with Crippen molar-refractivity contribution in [2.45, 2.75) is 0 Å². The number of ether oxygens (including phenoxy) is 4. The fraction of sp³-hybridized carbons (Fsp3) is 0.750. The van der Waals surface area contributed by atoms with Gasteiger partial charge in [-0.05, 0) is 0 Å². The van der Waals surface area contributed by atoms with Crippen LogP contribution < -0.4 is 0 Å². The topological polar surface area (TPSA) is 91.3 Å². The number of carboxylic acids is 1. The quantitative estimate of drug-likeness (QED) is 0.279. The van der Waals surface area contributed by atoms with E-state index in [0.717, 1.165) is 0 Å². The molecule has 7 heteroatoms. The molecule has 0 aliphatic rings. The third-order valence-corrected chi connectivity index (χ3v) is 1.19. The van der Waals surface area contributed by atoms with Crippen LogP contribution in [0.4, 0.5) is 0 Å². The van der Waals surface area contributed by atoms with Gasteiger partial charge in [-0.25, -0.2) is 4.79 Å². The van der Waals surface area contributed by atoms with Crippen LogP contribution >= 0.6 is 0 Å². The predicted molar refractivity (Wildman–Crippen MR) is 47.2 cm³/mol. The van der Waals surface area contributed by atoms with Gasteiger partial charge in [0.05, 0.1) is 26.4 Å². The molecule has 0 atom stereocenters. The fourth-order valence-corrected chi connectivity index (χ4v) is 0.632. The van der Waals surface area contributed by atoms with Crippen LogP contribution in [0.3, 0.4) is 0 Å². The van der Waals surface area contributed by atoms with Crippen molar-refractivity contribution in [1.82, 2.24) is 0 Å². The van der Waals surface area contributed by atoms with Crippen LogP contribution in [-0.2, 0) is 28.5 Å². The second kappa shape index (κ2) is 10.9. The zero-order chi connectivity index (χ0) is 11.4. The summed E-state index contributed by atoms with van der Waals surface area (Å²) in [6.45, 7) is 1.02. The Kier molecular flexibility index (Phi) is 10.0. The molecule has 0 bridgehead atoms. The van der Waals surface area contributed by atoms with Gasteiger partial charge >= 0.3 is 5.97 Å². The number of hydrogen-bond acceptors (Lipinski definition) is 6. The Morgan fingerprint density at radius 2 is 1.67 bits per heavy atom. The molecule has 0 heterocycles. The highest BCUT2D eigenvalue weighted by molar-refractivity contribution is 5.67. The van der Waals surface area contributed by atoms with Gasteiger partial charge in [0.1, 0.15) is 6.61 Å². The third-order valence-electron chi connectivity index (χ3n) is 1.19. The van der Waals surface area contributed by atoms with Crippen molar-refractivity contribution in [3.8, 4) is 0 Å². The molecule has 0 saturated heterocycles. The summed E-state index contributed by atoms with van der Waals surface area (Å²) < 4.78 is 18.8. The molecule has 0 unspecified atom stereocenters. The van der Waals surface area contributed by atoms with E-state index >= 15 is 0 Å². The van der Waals surface area contributed by atoms with Gasteiger partial charge in [0.15, 0.2) is 6.79 Å². The molecule has 0 spiro atoms. The van der Waals surface area contributed by atoms with E-state index in [1.165, 1.54) is 0 Å². The van der Waals surface area contributed by atoms with Crippen LogP contribution in [-0.4, -0.2) is 57.4 Å². The van der Waals surface area contributed by atoms with E-state index in [4.69, 9.17) is 19.3 Å². The summed E-state index contributed by atoms with van der Waals surface area (Å²) in [6, 6.07) is 0. The van der Waals surface area contributed by atoms with Gasteiger partial charge in [0.2, 0.25) is 0 Å². The lowest BCUT2D eigenvalue weighted by molar-refractivity contribution is -0.144. The van der Waals surface area contributed by atoms with E-state index < -0.39 is 5.97 Å². The molecular weight excluding hydrogens is 208 g/mol. The number of rotatable bonds is 11. The maximum absolute atomic E-state index is 10.0. The van der Waals surface area contributed by atoms with Crippen molar-refractivity contribution in [3.05, 3.63) is 0 Å². The second-order valence-corrected chi connectivity index (χ2v) is 2.35. The van der Waals surface area contributed by atoms with E-state index in [-0.39, 0.29) is 20.0 Å². The van der Waals surface area contributed by atoms with Gasteiger partial charge in [-0.1, -0.05) is 0 Å². The molecule has 0 aromatic carbocycles. The first kappa shape index (κ1) is 13.8. The summed E-state index contributed by atoms with van der Waals surface area (Å²) in [6.07, 6.45) is 0. The molecule has 0 amide bonds. The van der Waals surface area contributed by atoms with Crippen LogP contribution in [0.15, 0.2) is 0 Å². The van der Waals surface area contributed by atoms with Gasteiger partial charge in [-0.3, -0.25) is 4.79 Å². The first-order valence-electron chi connectivity index (χ1n) is 4.27. The molecule has 88 valence electrons. The summed E-state index contributed by atoms with van der Waals surface area (Å²) in [5.74, 6) is -1.01. The monoisotopic (exact) mass is 222 g/mol. The normalized spacial score (nSPS) is 9.87. The van der Waals surface area contributed by atoms with E-state index in [9.17, 15) is 9.59 Å². The molecule has 7 nitrogen and oxygen atoms in total. The molecule has 0 aliphatic heterocycles. The summed E-state index contributed by atoms with van der Waals surface area (Å²) in [4.78, 5) is 19.7. The summed E-state index contributed by atoms with van der Waals surface area (Å²) in [5, 5.41) is 8.21. The largest absolute Gasteiger partial charge is 0.480 e. The molecule has 0 saturated carbocycles. The minimum absolute atomic E-state index is 0.0949. The van der Waals surface area contributed by atoms with Gasteiger partial charge in [-0.15, -0.1) is 0 Å². The molecule has 15 heavy (non-hydrogen) atoms. The molecule has 0 aromatic heterocycles. The number of carbonyl (C=O) groups excluding carboxylic acids is 1. The molecule has 0 radical (unpaired) electrons. The maximum Gasteiger partial charge on any atom is 0.329 e. The van der Waals surface area contributed by atoms with Crippen LogP contribution in [0, 0.1) is 0 Å². The van der Waals surface area contributed by atoms with E-state index in [1.54, 1.807) is 0 Å². The van der Waals surface area contributed by atoms with E-state index in [2.05, 4.69) is 4.74 Å². The van der Waals surface area contributed by atoms with Crippen molar-refractivity contribution in [3.63, 3.8) is 0 Å². The highest BCUT2D eigenvalue weighted by Gasteiger charge is 1.95. The molecule has 0 aromatic rings. The zero-order valence-corrected chi connectivity index (χ0v) is 8.22. The van der Waals surface area contributed by atoms with Crippen molar-refractivity contribution in [2.24, 2.45) is 0 Å². The third kappa shape index (κ3) is 12.8. The number of aliphatic carboxylic acids is 1. The molecular formula is C8H14O7. The smallest absolute Gasteiger partial charge is 0.329 e. The fourth-order valence-electron chi connectivity index (χ4n) is 0.632. The predicted octanol–water partition coefficient (Wildman–Crippen LogP) is -0.749. The standard InChI is InChI=1S/C8H14O7/c9-6-15-7-14-4-2-12-1-3-13-5-8(10)11/h6H,1-5,7H2,(H,10,11). The molecule has 0 fully saturated rings. The van der Waals surface area contributed by atoms with Gasteiger partial charge in [0, 0.05) is 0 Å². The molecule has 0 rings (SSSR count). The zero-order valence-electron chi connectivity index (χ0n) is 8.22. The SMILES string of the molecule is O=COCOCCOCCOCC(=O)O. The Morgan fingerprint density at radius 3 is 2.27 bits per heavy atom. The number of carboxylic acid groups (broad SMARTS) is 1. The summed E-state index contributed by atoms with van der Waals surface area (Å²) in [7, 11) is 0. The van der Waals surface area contributed by atoms with E-state index in [1.807, 2.05) is 0 Å². The first-order valence-corrected chi connectivity index (χ1v) is 4.27. The highest BCUT2D eigenvalue weighted by Crippen LogP contribution is 1.81. The van der Waals surface area contributed by atoms with E-state index in [0.29, 0.717) is 26.3 Å². The summed E-state index contributed by atoms with van der Waals surface area (Å²) in [5.41, 5.74) is 0. The van der Waals surface area contributed by atoms with Crippen LogP contribution in [0.1, 0.15) is 0 Å². The van der Waals surface area contributed by atoms with Crippen LogP contribution in [0.2, 0.25) is 0 Å². The lowest BCUT2D eigenvalue weighted by Gasteiger charge is -2.04. The average Bonchev–Trinajstić information content (AvgIpc) is 2.20. The van der Waals surface area contributed by atoms with Crippen molar-refractivity contribution in [1.29, 1.82) is 0 Å². The van der Waals surface area contributed by atoms with Gasteiger partial charge in [0.25, 0.3) is 6.47 Å². The Bertz CT molecular complexity index is 170. The van der Waals surface area contributed by atoms with Gasteiger partial charge in [-0.2, -0.15) is 0 Å². The lowest BCUT2D eigenvalue weighted by Crippen LogP contribution is -2.13. The molecule has 1 N–H and O–H groups in total. The van der Waals surface area contributed by atoms with Gasteiger partial charge < -0.3 is 24.1 Å². The van der Waals surface area contributed by atoms with Crippen LogP contribution in [0.25, 0.3) is 0 Å². The Hall–Kier alpha value is -1.18. The first-order chi connectivity index (χ1) is 7.27. The average molecular weight is 222 g/mol. The summed E-state index contributed by atoms with van der Waals surface area (Å²) >= 11 is 0. The minimum Gasteiger partial charge on any atom is -0.480 e. The van der Waals surface area contributed by atoms with Crippen molar-refractivity contribution < 1.29 is 33.6 Å². The minimum atomic E-state index is -1.01. The Labute approximate surface area is 86.9 Å².